The number of hydrogen-bond acceptors (Lipinski definition) is 4. The molecule has 2 aromatic rings. The van der Waals surface area contributed by atoms with Crippen LogP contribution in [0.25, 0.3) is 0 Å². The maximum atomic E-state index is 13.8. The molecule has 1 saturated heterocycles. The normalized spacial score (nSPS) is 15.4. The zero-order valence-corrected chi connectivity index (χ0v) is 19.7. The summed E-state index contributed by atoms with van der Waals surface area (Å²) < 4.78 is 19.6. The zero-order chi connectivity index (χ0) is 24.0. The fourth-order valence-corrected chi connectivity index (χ4v) is 3.92. The second kappa shape index (κ2) is 11.1. The van der Waals surface area contributed by atoms with E-state index in [2.05, 4.69) is 10.6 Å². The molecule has 0 aliphatic carbocycles. The Morgan fingerprint density at radius 2 is 1.97 bits per heavy atom. The minimum Gasteiger partial charge on any atom is -0.377 e. The molecule has 1 aliphatic rings. The predicted molar refractivity (Wildman–Crippen MR) is 128 cm³/mol. The first-order valence-electron chi connectivity index (χ1n) is 11.3. The van der Waals surface area contributed by atoms with E-state index in [-0.39, 0.29) is 24.1 Å². The van der Waals surface area contributed by atoms with E-state index in [0.717, 1.165) is 24.1 Å². The van der Waals surface area contributed by atoms with Crippen LogP contribution in [-0.4, -0.2) is 56.2 Å². The van der Waals surface area contributed by atoms with E-state index in [1.807, 2.05) is 51.0 Å². The van der Waals surface area contributed by atoms with Gasteiger partial charge in [-0.05, 0) is 68.7 Å². The minimum atomic E-state index is -0.450. The number of halogens is 1. The Kier molecular flexibility index (Phi) is 8.27. The van der Waals surface area contributed by atoms with Gasteiger partial charge in [0.05, 0.1) is 6.10 Å². The number of amides is 3. The number of hydrogen-bond donors (Lipinski definition) is 2. The number of ether oxygens (including phenoxy) is 1. The van der Waals surface area contributed by atoms with Crippen molar-refractivity contribution in [1.29, 1.82) is 0 Å². The molecule has 0 saturated carbocycles. The van der Waals surface area contributed by atoms with Crippen molar-refractivity contribution >= 4 is 23.3 Å². The second-order valence-electron chi connectivity index (χ2n) is 8.82. The molecule has 1 atom stereocenters. The first kappa shape index (κ1) is 24.5. The lowest BCUT2D eigenvalue weighted by Crippen LogP contribution is -2.37. The quantitative estimate of drug-likeness (QED) is 0.623. The van der Waals surface area contributed by atoms with Crippen LogP contribution in [-0.2, 0) is 11.3 Å². The predicted octanol–water partition coefficient (Wildman–Crippen LogP) is 4.24. The lowest BCUT2D eigenvalue weighted by atomic mass is 10.1. The van der Waals surface area contributed by atoms with Gasteiger partial charge in [-0.2, -0.15) is 0 Å². The standard InChI is InChI=1S/C25H33FN4O3/c1-17(2)27-25(32)28-21-10-11-23(29(3)4)19(14-21)15-30(16-22-9-6-12-33-22)24(31)18-7-5-8-20(26)13-18/h5,7-8,10-11,13-14,17,22H,6,9,12,15-16H2,1-4H3,(H2,27,28,32)/t22-/m0/s1. The molecule has 3 amide bonds. The molecule has 2 N–H and O–H groups in total. The van der Waals surface area contributed by atoms with Crippen molar-refractivity contribution in [2.24, 2.45) is 0 Å². The Bertz CT molecular complexity index is 974. The molecule has 1 fully saturated rings. The van der Waals surface area contributed by atoms with Crippen LogP contribution in [0.3, 0.4) is 0 Å². The number of carbonyl (C=O) groups is 2. The smallest absolute Gasteiger partial charge is 0.319 e. The van der Waals surface area contributed by atoms with Gasteiger partial charge >= 0.3 is 6.03 Å². The molecule has 1 heterocycles. The Morgan fingerprint density at radius 3 is 2.61 bits per heavy atom. The summed E-state index contributed by atoms with van der Waals surface area (Å²) >= 11 is 0. The van der Waals surface area contributed by atoms with Gasteiger partial charge < -0.3 is 25.2 Å². The molecule has 0 aromatic heterocycles. The monoisotopic (exact) mass is 456 g/mol. The number of anilines is 2. The molecule has 33 heavy (non-hydrogen) atoms. The third-order valence-electron chi connectivity index (χ3n) is 5.41. The van der Waals surface area contributed by atoms with Crippen molar-refractivity contribution < 1.29 is 18.7 Å². The van der Waals surface area contributed by atoms with Crippen molar-refractivity contribution in [3.05, 3.63) is 59.4 Å². The maximum absolute atomic E-state index is 13.8. The lowest BCUT2D eigenvalue weighted by Gasteiger charge is -2.28. The summed E-state index contributed by atoms with van der Waals surface area (Å²) in [6.07, 6.45) is 1.79. The van der Waals surface area contributed by atoms with E-state index < -0.39 is 5.82 Å². The van der Waals surface area contributed by atoms with Crippen molar-refractivity contribution in [3.8, 4) is 0 Å². The highest BCUT2D eigenvalue weighted by Gasteiger charge is 2.25. The first-order chi connectivity index (χ1) is 15.7. The van der Waals surface area contributed by atoms with Gasteiger partial charge in [0.2, 0.25) is 0 Å². The summed E-state index contributed by atoms with van der Waals surface area (Å²) in [5.41, 5.74) is 2.72. The molecule has 3 rings (SSSR count). The highest BCUT2D eigenvalue weighted by molar-refractivity contribution is 5.94. The van der Waals surface area contributed by atoms with Crippen molar-refractivity contribution in [1.82, 2.24) is 10.2 Å². The molecular weight excluding hydrogens is 423 g/mol. The largest absolute Gasteiger partial charge is 0.377 e. The summed E-state index contributed by atoms with van der Waals surface area (Å²) in [5.74, 6) is -0.708. The molecule has 1 aliphatic heterocycles. The second-order valence-corrected chi connectivity index (χ2v) is 8.82. The van der Waals surface area contributed by atoms with Gasteiger partial charge in [-0.1, -0.05) is 6.07 Å². The van der Waals surface area contributed by atoms with Crippen molar-refractivity contribution in [2.45, 2.75) is 45.4 Å². The minimum absolute atomic E-state index is 0.0105. The van der Waals surface area contributed by atoms with Crippen LogP contribution in [0, 0.1) is 5.82 Å². The van der Waals surface area contributed by atoms with Crippen LogP contribution in [0.15, 0.2) is 42.5 Å². The molecule has 178 valence electrons. The number of rotatable bonds is 8. The Labute approximate surface area is 194 Å². The summed E-state index contributed by atoms with van der Waals surface area (Å²) in [4.78, 5) is 29.2. The number of carbonyl (C=O) groups excluding carboxylic acids is 2. The summed E-state index contributed by atoms with van der Waals surface area (Å²) in [7, 11) is 3.85. The van der Waals surface area contributed by atoms with Crippen LogP contribution in [0.2, 0.25) is 0 Å². The zero-order valence-electron chi connectivity index (χ0n) is 19.7. The molecule has 2 aromatic carbocycles. The van der Waals surface area contributed by atoms with E-state index >= 15 is 0 Å². The highest BCUT2D eigenvalue weighted by Crippen LogP contribution is 2.26. The van der Waals surface area contributed by atoms with Gasteiger partial charge in [0.15, 0.2) is 0 Å². The number of nitrogens with one attached hydrogen (secondary N) is 2. The van der Waals surface area contributed by atoms with E-state index in [0.29, 0.717) is 30.9 Å². The van der Waals surface area contributed by atoms with E-state index in [4.69, 9.17) is 4.74 Å². The van der Waals surface area contributed by atoms with E-state index in [1.54, 1.807) is 11.0 Å². The Morgan fingerprint density at radius 1 is 1.18 bits per heavy atom. The van der Waals surface area contributed by atoms with Crippen LogP contribution in [0.1, 0.15) is 42.6 Å². The SMILES string of the molecule is CC(C)NC(=O)Nc1ccc(N(C)C)c(CN(C[C@@H]2CCCO2)C(=O)c2cccc(F)c2)c1. The first-order valence-corrected chi connectivity index (χ1v) is 11.3. The third kappa shape index (κ3) is 6.92. The van der Waals surface area contributed by atoms with E-state index in [1.165, 1.54) is 18.2 Å². The molecule has 0 spiro atoms. The van der Waals surface area contributed by atoms with Gasteiger partial charge in [0.25, 0.3) is 5.91 Å². The average molecular weight is 457 g/mol. The maximum Gasteiger partial charge on any atom is 0.319 e. The Hall–Kier alpha value is -3.13. The third-order valence-corrected chi connectivity index (χ3v) is 5.41. The molecule has 0 radical (unpaired) electrons. The highest BCUT2D eigenvalue weighted by atomic mass is 19.1. The molecule has 8 heteroatoms. The molecule has 0 unspecified atom stereocenters. The van der Waals surface area contributed by atoms with Gasteiger partial charge in [0.1, 0.15) is 5.82 Å². The van der Waals surface area contributed by atoms with Gasteiger partial charge in [-0.3, -0.25) is 4.79 Å². The lowest BCUT2D eigenvalue weighted by molar-refractivity contribution is 0.0507. The number of nitrogens with zero attached hydrogens (tertiary/aromatic N) is 2. The number of urea groups is 1. The van der Waals surface area contributed by atoms with Crippen molar-refractivity contribution in [2.75, 3.05) is 37.5 Å². The molecule has 7 nitrogen and oxygen atoms in total. The van der Waals surface area contributed by atoms with Crippen LogP contribution in [0.4, 0.5) is 20.6 Å². The van der Waals surface area contributed by atoms with Crippen LogP contribution in [0.5, 0.6) is 0 Å². The van der Waals surface area contributed by atoms with Gasteiger partial charge in [-0.15, -0.1) is 0 Å². The molecular formula is C25H33FN4O3. The van der Waals surface area contributed by atoms with Gasteiger partial charge in [0, 0.05) is 56.8 Å². The van der Waals surface area contributed by atoms with Crippen LogP contribution < -0.4 is 15.5 Å². The number of benzene rings is 2. The Balaban J connectivity index is 1.89. The summed E-state index contributed by atoms with van der Waals surface area (Å²) in [6.45, 7) is 5.17. The van der Waals surface area contributed by atoms with Crippen molar-refractivity contribution in [3.63, 3.8) is 0 Å². The fourth-order valence-electron chi connectivity index (χ4n) is 3.92. The summed E-state index contributed by atoms with van der Waals surface area (Å²) in [6, 6.07) is 11.1. The average Bonchev–Trinajstić information content (AvgIpc) is 3.25. The summed E-state index contributed by atoms with van der Waals surface area (Å²) in [5, 5.41) is 5.65. The van der Waals surface area contributed by atoms with E-state index in [9.17, 15) is 14.0 Å². The van der Waals surface area contributed by atoms with Crippen LogP contribution >= 0.6 is 0 Å². The molecule has 0 bridgehead atoms. The fraction of sp³-hybridized carbons (Fsp3) is 0.440. The van der Waals surface area contributed by atoms with Gasteiger partial charge in [-0.25, -0.2) is 9.18 Å². The topological polar surface area (TPSA) is 73.9 Å².